The number of nitrogens with zero attached hydrogens (tertiary/aromatic N) is 2. The first-order chi connectivity index (χ1) is 13.1. The van der Waals surface area contributed by atoms with E-state index < -0.39 is 33.5 Å². The minimum Gasteiger partial charge on any atom is -0.348 e. The maximum absolute atomic E-state index is 14.3. The molecule has 12 heteroatoms. The second-order valence-corrected chi connectivity index (χ2v) is 8.85. The van der Waals surface area contributed by atoms with Crippen molar-refractivity contribution in [2.24, 2.45) is 0 Å². The number of hydrogen-bond donors (Lipinski definition) is 3. The van der Waals surface area contributed by atoms with Gasteiger partial charge in [0.15, 0.2) is 0 Å². The summed E-state index contributed by atoms with van der Waals surface area (Å²) in [7, 11) is -2.53. The number of carbonyl (C=O) groups excluding carboxylic acids is 1. The number of hydrogen-bond acceptors (Lipinski definition) is 5. The molecule has 1 aromatic carbocycles. The third-order valence-electron chi connectivity index (χ3n) is 4.07. The highest BCUT2D eigenvalue weighted by atomic mass is 35.5. The van der Waals surface area contributed by atoms with E-state index in [1.54, 1.807) is 0 Å². The minimum absolute atomic E-state index is 0.00520. The van der Waals surface area contributed by atoms with Crippen molar-refractivity contribution in [1.29, 1.82) is 5.41 Å². The van der Waals surface area contributed by atoms with Crippen molar-refractivity contribution in [3.63, 3.8) is 0 Å². The second kappa shape index (κ2) is 7.53. The van der Waals surface area contributed by atoms with Gasteiger partial charge >= 0.3 is 0 Å². The van der Waals surface area contributed by atoms with Crippen LogP contribution in [0.1, 0.15) is 22.1 Å². The third-order valence-corrected chi connectivity index (χ3v) is 6.34. The molecule has 1 atom stereocenters. The fourth-order valence-corrected chi connectivity index (χ4v) is 4.29. The number of rotatable bonds is 3. The van der Waals surface area contributed by atoms with Crippen molar-refractivity contribution in [1.82, 2.24) is 14.6 Å². The van der Waals surface area contributed by atoms with Crippen LogP contribution in [0, 0.1) is 11.2 Å². The Balaban J connectivity index is 1.88. The van der Waals surface area contributed by atoms with Crippen LogP contribution in [0.2, 0.25) is 10.0 Å². The lowest BCUT2D eigenvalue weighted by atomic mass is 10.1. The van der Waals surface area contributed by atoms with Gasteiger partial charge in [-0.25, -0.2) is 22.1 Å². The van der Waals surface area contributed by atoms with Crippen molar-refractivity contribution in [3.8, 4) is 0 Å². The number of carbonyl (C=O) groups is 1. The smallest absolute Gasteiger partial charge is 0.275 e. The molecule has 0 bridgehead atoms. The van der Waals surface area contributed by atoms with Gasteiger partial charge in [-0.3, -0.25) is 10.2 Å². The zero-order valence-corrected chi connectivity index (χ0v) is 16.7. The van der Waals surface area contributed by atoms with Crippen LogP contribution >= 0.6 is 23.2 Å². The topological polar surface area (TPSA) is 115 Å². The zero-order chi connectivity index (χ0) is 20.6. The van der Waals surface area contributed by atoms with Gasteiger partial charge in [0.1, 0.15) is 11.5 Å². The van der Waals surface area contributed by atoms with Gasteiger partial charge < -0.3 is 10.6 Å². The lowest BCUT2D eigenvalue weighted by Gasteiger charge is -2.32. The standard InChI is InChI=1S/C16H14Cl2FN5O3S/c1-24-16(20)23-13(7-28(24,26)27)10-5-9(2-3-12(10)19)22-15(25)14-11(18)4-8(17)6-21-14/h2-6,13H,7H2,1H3,(H2,20,23)(H,22,25)/t13-/m0/s1. The van der Waals surface area contributed by atoms with Gasteiger partial charge in [0.25, 0.3) is 5.91 Å². The van der Waals surface area contributed by atoms with Gasteiger partial charge in [-0.15, -0.1) is 0 Å². The molecule has 8 nitrogen and oxygen atoms in total. The normalized spacial score (nSPS) is 18.5. The first-order valence-electron chi connectivity index (χ1n) is 7.82. The predicted octanol–water partition coefficient (Wildman–Crippen LogP) is 2.62. The minimum atomic E-state index is -3.76. The van der Waals surface area contributed by atoms with Crippen LogP contribution in [-0.4, -0.2) is 42.4 Å². The van der Waals surface area contributed by atoms with Crippen LogP contribution in [0.5, 0.6) is 0 Å². The molecule has 0 aliphatic carbocycles. The Morgan fingerprint density at radius 2 is 2.11 bits per heavy atom. The predicted molar refractivity (Wildman–Crippen MR) is 104 cm³/mol. The number of pyridine rings is 1. The molecule has 1 saturated heterocycles. The lowest BCUT2D eigenvalue weighted by molar-refractivity contribution is 0.102. The number of halogens is 3. The summed E-state index contributed by atoms with van der Waals surface area (Å²) in [6.07, 6.45) is 1.26. The van der Waals surface area contributed by atoms with E-state index in [0.29, 0.717) is 0 Å². The van der Waals surface area contributed by atoms with Crippen LogP contribution in [0.15, 0.2) is 30.5 Å². The molecule has 1 aromatic heterocycles. The summed E-state index contributed by atoms with van der Waals surface area (Å²) in [5.74, 6) is -2.13. The summed E-state index contributed by atoms with van der Waals surface area (Å²) in [6, 6.07) is 4.08. The molecule has 0 radical (unpaired) electrons. The number of aromatic nitrogens is 1. The van der Waals surface area contributed by atoms with Gasteiger partial charge in [0.05, 0.1) is 21.8 Å². The van der Waals surface area contributed by atoms with E-state index in [4.69, 9.17) is 28.6 Å². The first kappa shape index (κ1) is 20.3. The summed E-state index contributed by atoms with van der Waals surface area (Å²) < 4.78 is 39.3. The maximum Gasteiger partial charge on any atom is 0.275 e. The molecule has 2 heterocycles. The molecule has 0 unspecified atom stereocenters. The molecule has 2 aromatic rings. The van der Waals surface area contributed by atoms with Crippen LogP contribution in [0.3, 0.4) is 0 Å². The number of amides is 1. The van der Waals surface area contributed by atoms with E-state index in [1.807, 2.05) is 0 Å². The first-order valence-corrected chi connectivity index (χ1v) is 10.2. The Labute approximate surface area is 170 Å². The van der Waals surface area contributed by atoms with Crippen molar-refractivity contribution >= 4 is 50.8 Å². The van der Waals surface area contributed by atoms with Crippen molar-refractivity contribution in [2.75, 3.05) is 18.1 Å². The maximum atomic E-state index is 14.3. The number of anilines is 1. The molecule has 3 N–H and O–H groups in total. The van der Waals surface area contributed by atoms with Crippen molar-refractivity contribution in [3.05, 3.63) is 57.6 Å². The average Bonchev–Trinajstić information content (AvgIpc) is 2.60. The van der Waals surface area contributed by atoms with Gasteiger partial charge in [-0.2, -0.15) is 0 Å². The fraction of sp³-hybridized carbons (Fsp3) is 0.188. The van der Waals surface area contributed by atoms with Gasteiger partial charge in [0, 0.05) is 24.5 Å². The summed E-state index contributed by atoms with van der Waals surface area (Å²) in [4.78, 5) is 16.2. The third kappa shape index (κ3) is 4.03. The summed E-state index contributed by atoms with van der Waals surface area (Å²) >= 11 is 11.7. The van der Waals surface area contributed by atoms with Gasteiger partial charge in [-0.1, -0.05) is 23.2 Å². The Kier molecular flexibility index (Phi) is 5.46. The Hall–Kier alpha value is -2.43. The van der Waals surface area contributed by atoms with Crippen molar-refractivity contribution in [2.45, 2.75) is 6.04 Å². The van der Waals surface area contributed by atoms with Crippen molar-refractivity contribution < 1.29 is 17.6 Å². The number of benzene rings is 1. The van der Waals surface area contributed by atoms with Crippen LogP contribution in [0.4, 0.5) is 10.1 Å². The molecule has 148 valence electrons. The van der Waals surface area contributed by atoms with Crippen LogP contribution in [0.25, 0.3) is 0 Å². The van der Waals surface area contributed by atoms with E-state index in [1.165, 1.54) is 31.4 Å². The Morgan fingerprint density at radius 3 is 2.75 bits per heavy atom. The number of sulfonamides is 1. The molecule has 0 saturated carbocycles. The monoisotopic (exact) mass is 445 g/mol. The summed E-state index contributed by atoms with van der Waals surface area (Å²) in [5.41, 5.74) is 0.131. The largest absolute Gasteiger partial charge is 0.348 e. The fourth-order valence-electron chi connectivity index (χ4n) is 2.59. The van der Waals surface area contributed by atoms with Gasteiger partial charge in [0.2, 0.25) is 16.0 Å². The summed E-state index contributed by atoms with van der Waals surface area (Å²) in [5, 5.41) is 13.2. The zero-order valence-electron chi connectivity index (χ0n) is 14.3. The highest BCUT2D eigenvalue weighted by molar-refractivity contribution is 7.89. The molecule has 1 fully saturated rings. The SMILES string of the molecule is CN1C(=N)N[C@H](c2cc(NC(=O)c3ncc(Cl)cc3Cl)ccc2F)CS1(=O)=O. The van der Waals surface area contributed by atoms with E-state index in [-0.39, 0.29) is 32.9 Å². The molecular weight excluding hydrogens is 432 g/mol. The average molecular weight is 446 g/mol. The molecule has 1 amide bonds. The molecule has 3 rings (SSSR count). The molecule has 28 heavy (non-hydrogen) atoms. The van der Waals surface area contributed by atoms with Crippen LogP contribution < -0.4 is 10.6 Å². The van der Waals surface area contributed by atoms with Crippen LogP contribution in [-0.2, 0) is 10.0 Å². The molecular formula is C16H14Cl2FN5O3S. The molecule has 1 aliphatic rings. The Bertz CT molecular complexity index is 1080. The van der Waals surface area contributed by atoms with E-state index in [9.17, 15) is 17.6 Å². The lowest BCUT2D eigenvalue weighted by Crippen LogP contribution is -2.52. The molecule has 1 aliphatic heterocycles. The highest BCUT2D eigenvalue weighted by Gasteiger charge is 2.34. The van der Waals surface area contributed by atoms with Gasteiger partial charge in [-0.05, 0) is 24.3 Å². The Morgan fingerprint density at radius 1 is 1.39 bits per heavy atom. The highest BCUT2D eigenvalue weighted by Crippen LogP contribution is 2.27. The summed E-state index contributed by atoms with van der Waals surface area (Å²) in [6.45, 7) is 0. The molecule has 0 spiro atoms. The van der Waals surface area contributed by atoms with E-state index >= 15 is 0 Å². The number of guanidine groups is 1. The quantitative estimate of drug-likeness (QED) is 0.671. The second-order valence-electron chi connectivity index (χ2n) is 5.97. The van der Waals surface area contributed by atoms with E-state index in [0.717, 1.165) is 10.4 Å². The van der Waals surface area contributed by atoms with E-state index in [2.05, 4.69) is 15.6 Å². The number of nitrogens with one attached hydrogen (secondary N) is 3.